The molecule has 0 aromatic heterocycles. The molecule has 0 aliphatic heterocycles. The van der Waals surface area contributed by atoms with Crippen molar-refractivity contribution in [2.75, 3.05) is 0 Å². The minimum atomic E-state index is -0.0461. The lowest BCUT2D eigenvalue weighted by Gasteiger charge is -1.89. The Morgan fingerprint density at radius 1 is 1.27 bits per heavy atom. The Morgan fingerprint density at radius 3 is 2.45 bits per heavy atom. The van der Waals surface area contributed by atoms with Crippen molar-refractivity contribution in [3.8, 4) is 11.8 Å². The van der Waals surface area contributed by atoms with E-state index in [1.54, 1.807) is 0 Å². The topological polar surface area (TPSA) is 26.0 Å². The molecule has 1 rings (SSSR count). The minimum absolute atomic E-state index is 0.0461. The third-order valence-corrected chi connectivity index (χ3v) is 1.22. The highest BCUT2D eigenvalue weighted by atomic mass is 14.6. The molecule has 0 radical (unpaired) electrons. The molecule has 0 heterocycles. The zero-order valence-corrected chi connectivity index (χ0v) is 6.54. The Labute approximate surface area is 67.2 Å². The van der Waals surface area contributed by atoms with Crippen LogP contribution >= 0.6 is 0 Å². The lowest BCUT2D eigenvalue weighted by Crippen LogP contribution is -2.10. The van der Waals surface area contributed by atoms with Crippen molar-refractivity contribution in [2.45, 2.75) is 13.0 Å². The molecular weight excluding hydrogens is 134 g/mol. The molecule has 1 atom stereocenters. The van der Waals surface area contributed by atoms with E-state index in [0.717, 1.165) is 5.56 Å². The zero-order chi connectivity index (χ0) is 8.10. The second-order valence-corrected chi connectivity index (χ2v) is 2.42. The average Bonchev–Trinajstić information content (AvgIpc) is 2.03. The van der Waals surface area contributed by atoms with E-state index in [0.29, 0.717) is 0 Å². The number of rotatable bonds is 0. The second kappa shape index (κ2) is 3.80. The van der Waals surface area contributed by atoms with Crippen molar-refractivity contribution in [1.82, 2.24) is 0 Å². The lowest BCUT2D eigenvalue weighted by molar-refractivity contribution is 0.959. The zero-order valence-electron chi connectivity index (χ0n) is 6.54. The summed E-state index contributed by atoms with van der Waals surface area (Å²) in [6, 6.07) is 9.79. The van der Waals surface area contributed by atoms with E-state index < -0.39 is 0 Å². The maximum Gasteiger partial charge on any atom is 0.0639 e. The molecule has 0 unspecified atom stereocenters. The molecule has 1 aromatic rings. The first-order chi connectivity index (χ1) is 5.29. The second-order valence-electron chi connectivity index (χ2n) is 2.42. The standard InChI is InChI=1S/C10H11N/c1-9(11)7-8-10-5-3-2-4-6-10/h2-6,9H,11H2,1H3/t9-/m0/s1. The van der Waals surface area contributed by atoms with E-state index in [-0.39, 0.29) is 6.04 Å². The number of benzene rings is 1. The van der Waals surface area contributed by atoms with Crippen LogP contribution in [-0.4, -0.2) is 6.04 Å². The molecule has 0 saturated carbocycles. The van der Waals surface area contributed by atoms with Gasteiger partial charge in [-0.3, -0.25) is 0 Å². The van der Waals surface area contributed by atoms with E-state index in [1.165, 1.54) is 0 Å². The fourth-order valence-electron chi connectivity index (χ4n) is 0.719. The van der Waals surface area contributed by atoms with Crippen LogP contribution in [0.2, 0.25) is 0 Å². The molecule has 1 aromatic carbocycles. The van der Waals surface area contributed by atoms with Crippen LogP contribution in [0.5, 0.6) is 0 Å². The molecule has 0 bridgehead atoms. The summed E-state index contributed by atoms with van der Waals surface area (Å²) in [6.07, 6.45) is 0. The van der Waals surface area contributed by atoms with Crippen molar-refractivity contribution in [1.29, 1.82) is 0 Å². The molecule has 0 aliphatic carbocycles. The fraction of sp³-hybridized carbons (Fsp3) is 0.200. The summed E-state index contributed by atoms with van der Waals surface area (Å²) in [5.74, 6) is 5.86. The average molecular weight is 145 g/mol. The van der Waals surface area contributed by atoms with Crippen LogP contribution in [0.15, 0.2) is 30.3 Å². The van der Waals surface area contributed by atoms with Gasteiger partial charge >= 0.3 is 0 Å². The Bertz CT molecular complexity index is 264. The van der Waals surface area contributed by atoms with Gasteiger partial charge in [-0.05, 0) is 19.1 Å². The van der Waals surface area contributed by atoms with E-state index in [9.17, 15) is 0 Å². The maximum absolute atomic E-state index is 5.47. The van der Waals surface area contributed by atoms with Crippen LogP contribution in [0, 0.1) is 11.8 Å². The van der Waals surface area contributed by atoms with Crippen molar-refractivity contribution in [3.05, 3.63) is 35.9 Å². The summed E-state index contributed by atoms with van der Waals surface area (Å²) in [4.78, 5) is 0. The van der Waals surface area contributed by atoms with Crippen LogP contribution < -0.4 is 5.73 Å². The first-order valence-corrected chi connectivity index (χ1v) is 3.61. The van der Waals surface area contributed by atoms with Crippen molar-refractivity contribution in [2.24, 2.45) is 5.73 Å². The van der Waals surface area contributed by atoms with E-state index in [1.807, 2.05) is 37.3 Å². The van der Waals surface area contributed by atoms with Gasteiger partial charge in [0.25, 0.3) is 0 Å². The van der Waals surface area contributed by atoms with Gasteiger partial charge in [0.1, 0.15) is 0 Å². The Balaban J connectivity index is 2.75. The summed E-state index contributed by atoms with van der Waals surface area (Å²) < 4.78 is 0. The van der Waals surface area contributed by atoms with Crippen LogP contribution in [0.25, 0.3) is 0 Å². The molecule has 0 spiro atoms. The predicted molar refractivity (Wildman–Crippen MR) is 47.0 cm³/mol. The quantitative estimate of drug-likeness (QED) is 0.548. The van der Waals surface area contributed by atoms with Gasteiger partial charge < -0.3 is 5.73 Å². The lowest BCUT2D eigenvalue weighted by atomic mass is 10.2. The Hall–Kier alpha value is -1.26. The molecular formula is C10H11N. The van der Waals surface area contributed by atoms with Crippen molar-refractivity contribution < 1.29 is 0 Å². The first-order valence-electron chi connectivity index (χ1n) is 3.61. The van der Waals surface area contributed by atoms with Gasteiger partial charge in [0.2, 0.25) is 0 Å². The summed E-state index contributed by atoms with van der Waals surface area (Å²) in [6.45, 7) is 1.87. The van der Waals surface area contributed by atoms with Gasteiger partial charge in [-0.15, -0.1) is 0 Å². The van der Waals surface area contributed by atoms with Crippen LogP contribution in [0.3, 0.4) is 0 Å². The third kappa shape index (κ3) is 2.88. The molecule has 56 valence electrons. The fourth-order valence-corrected chi connectivity index (χ4v) is 0.719. The number of nitrogens with two attached hydrogens (primary N) is 1. The summed E-state index contributed by atoms with van der Waals surface area (Å²) in [5.41, 5.74) is 6.48. The molecule has 0 aliphatic rings. The van der Waals surface area contributed by atoms with Gasteiger partial charge in [-0.2, -0.15) is 0 Å². The molecule has 0 fully saturated rings. The Kier molecular flexibility index (Phi) is 2.71. The number of hydrogen-bond donors (Lipinski definition) is 1. The summed E-state index contributed by atoms with van der Waals surface area (Å²) in [7, 11) is 0. The van der Waals surface area contributed by atoms with E-state index in [2.05, 4.69) is 11.8 Å². The number of hydrogen-bond acceptors (Lipinski definition) is 1. The monoisotopic (exact) mass is 145 g/mol. The molecule has 0 saturated heterocycles. The van der Waals surface area contributed by atoms with E-state index >= 15 is 0 Å². The summed E-state index contributed by atoms with van der Waals surface area (Å²) >= 11 is 0. The summed E-state index contributed by atoms with van der Waals surface area (Å²) in [5, 5.41) is 0. The highest BCUT2D eigenvalue weighted by Gasteiger charge is 1.83. The van der Waals surface area contributed by atoms with Gasteiger partial charge in [0.05, 0.1) is 6.04 Å². The van der Waals surface area contributed by atoms with Gasteiger partial charge in [-0.1, -0.05) is 30.0 Å². The molecule has 11 heavy (non-hydrogen) atoms. The highest BCUT2D eigenvalue weighted by molar-refractivity contribution is 5.34. The van der Waals surface area contributed by atoms with Crippen LogP contribution in [0.4, 0.5) is 0 Å². The molecule has 2 N–H and O–H groups in total. The molecule has 1 nitrogen and oxygen atoms in total. The SMILES string of the molecule is C[C@H](N)C#Cc1ccccc1. The predicted octanol–water partition coefficient (Wildman–Crippen LogP) is 1.39. The highest BCUT2D eigenvalue weighted by Crippen LogP contribution is 1.94. The van der Waals surface area contributed by atoms with E-state index in [4.69, 9.17) is 5.73 Å². The minimum Gasteiger partial charge on any atom is -0.318 e. The smallest absolute Gasteiger partial charge is 0.0639 e. The largest absolute Gasteiger partial charge is 0.318 e. The van der Waals surface area contributed by atoms with Gasteiger partial charge in [0, 0.05) is 5.56 Å². The Morgan fingerprint density at radius 2 is 1.91 bits per heavy atom. The molecule has 0 amide bonds. The van der Waals surface area contributed by atoms with Crippen molar-refractivity contribution in [3.63, 3.8) is 0 Å². The van der Waals surface area contributed by atoms with Gasteiger partial charge in [-0.25, -0.2) is 0 Å². The molecule has 1 heteroatoms. The normalized spacial score (nSPS) is 11.5. The van der Waals surface area contributed by atoms with Crippen LogP contribution in [-0.2, 0) is 0 Å². The maximum atomic E-state index is 5.47. The third-order valence-electron chi connectivity index (χ3n) is 1.22. The van der Waals surface area contributed by atoms with Crippen LogP contribution in [0.1, 0.15) is 12.5 Å². The van der Waals surface area contributed by atoms with Crippen molar-refractivity contribution >= 4 is 0 Å². The first kappa shape index (κ1) is 7.84. The van der Waals surface area contributed by atoms with Gasteiger partial charge in [0.15, 0.2) is 0 Å².